The molecule has 1 unspecified atom stereocenters. The van der Waals surface area contributed by atoms with Gasteiger partial charge in [-0.25, -0.2) is 0 Å². The number of aryl methyl sites for hydroxylation is 1. The number of aliphatic hydroxyl groups excluding tert-OH is 1. The highest BCUT2D eigenvalue weighted by Gasteiger charge is 1.97. The Morgan fingerprint density at radius 1 is 1.69 bits per heavy atom. The fourth-order valence-corrected chi connectivity index (χ4v) is 1.11. The zero-order valence-electron chi connectivity index (χ0n) is 8.20. The molecule has 0 aliphatic rings. The van der Waals surface area contributed by atoms with Crippen LogP contribution in [0.3, 0.4) is 0 Å². The maximum absolute atomic E-state index is 9.00. The molecule has 0 bridgehead atoms. The van der Waals surface area contributed by atoms with Crippen molar-refractivity contribution in [2.75, 3.05) is 6.54 Å². The average molecular weight is 183 g/mol. The van der Waals surface area contributed by atoms with E-state index in [1.165, 1.54) is 5.56 Å². The van der Waals surface area contributed by atoms with Gasteiger partial charge in [0.05, 0.1) is 12.3 Å². The molecule has 1 heterocycles. The first-order valence-electron chi connectivity index (χ1n) is 4.55. The molecule has 74 valence electrons. The molecule has 4 heteroatoms. The molecule has 0 amide bonds. The van der Waals surface area contributed by atoms with Gasteiger partial charge in [-0.1, -0.05) is 0 Å². The van der Waals surface area contributed by atoms with Crippen molar-refractivity contribution in [2.45, 2.75) is 26.0 Å². The fraction of sp³-hybridized carbons (Fsp3) is 0.667. The van der Waals surface area contributed by atoms with Crippen LogP contribution in [0, 0.1) is 0 Å². The predicted octanol–water partition coefficient (Wildman–Crippen LogP) is 0.281. The minimum atomic E-state index is -0.221. The summed E-state index contributed by atoms with van der Waals surface area (Å²) in [4.78, 5) is 0. The Hall–Kier alpha value is -0.870. The average Bonchev–Trinajstić information content (AvgIpc) is 2.45. The Kier molecular flexibility index (Phi) is 3.92. The van der Waals surface area contributed by atoms with Gasteiger partial charge in [0.1, 0.15) is 0 Å². The lowest BCUT2D eigenvalue weighted by molar-refractivity contribution is 0.183. The Morgan fingerprint density at radius 2 is 2.46 bits per heavy atom. The predicted molar refractivity (Wildman–Crippen MR) is 51.2 cm³/mol. The number of rotatable bonds is 5. The lowest BCUT2D eigenvalue weighted by atomic mass is 10.3. The second-order valence-corrected chi connectivity index (χ2v) is 3.34. The van der Waals surface area contributed by atoms with E-state index in [-0.39, 0.29) is 6.10 Å². The van der Waals surface area contributed by atoms with E-state index in [4.69, 9.17) is 5.11 Å². The number of hydrogen-bond acceptors (Lipinski definition) is 3. The normalized spacial score (nSPS) is 13.2. The molecule has 0 saturated carbocycles. The highest BCUT2D eigenvalue weighted by atomic mass is 16.3. The quantitative estimate of drug-likeness (QED) is 0.645. The summed E-state index contributed by atoms with van der Waals surface area (Å²) in [6.07, 6.45) is 4.40. The minimum Gasteiger partial charge on any atom is -0.393 e. The Bertz CT molecular complexity index is 245. The highest BCUT2D eigenvalue weighted by molar-refractivity contribution is 5.02. The molecule has 4 nitrogen and oxygen atoms in total. The lowest BCUT2D eigenvalue weighted by Crippen LogP contribution is -2.18. The zero-order valence-corrected chi connectivity index (χ0v) is 8.20. The van der Waals surface area contributed by atoms with Crippen LogP contribution in [-0.4, -0.2) is 27.5 Å². The molecule has 1 rings (SSSR count). The van der Waals surface area contributed by atoms with Crippen LogP contribution in [0.4, 0.5) is 0 Å². The van der Waals surface area contributed by atoms with Crippen LogP contribution in [0.2, 0.25) is 0 Å². The molecular formula is C9H17N3O. The molecule has 0 spiro atoms. The molecule has 0 fully saturated rings. The van der Waals surface area contributed by atoms with Crippen molar-refractivity contribution < 1.29 is 5.11 Å². The molecular weight excluding hydrogens is 166 g/mol. The largest absolute Gasteiger partial charge is 0.393 e. The third-order valence-electron chi connectivity index (χ3n) is 1.83. The number of aromatic nitrogens is 2. The number of hydrogen-bond donors (Lipinski definition) is 2. The van der Waals surface area contributed by atoms with Crippen LogP contribution in [0.5, 0.6) is 0 Å². The van der Waals surface area contributed by atoms with E-state index in [2.05, 4.69) is 10.4 Å². The van der Waals surface area contributed by atoms with Crippen molar-refractivity contribution >= 4 is 0 Å². The van der Waals surface area contributed by atoms with Crippen molar-refractivity contribution in [1.82, 2.24) is 15.1 Å². The summed E-state index contributed by atoms with van der Waals surface area (Å²) >= 11 is 0. The van der Waals surface area contributed by atoms with Gasteiger partial charge in [0, 0.05) is 25.4 Å². The summed E-state index contributed by atoms with van der Waals surface area (Å²) in [7, 11) is 1.90. The van der Waals surface area contributed by atoms with Crippen molar-refractivity contribution in [1.29, 1.82) is 0 Å². The van der Waals surface area contributed by atoms with Gasteiger partial charge in [0.25, 0.3) is 0 Å². The topological polar surface area (TPSA) is 50.1 Å². The van der Waals surface area contributed by atoms with E-state index in [1.54, 1.807) is 11.6 Å². The van der Waals surface area contributed by atoms with E-state index in [0.717, 1.165) is 19.5 Å². The monoisotopic (exact) mass is 183 g/mol. The summed E-state index contributed by atoms with van der Waals surface area (Å²) in [5, 5.41) is 16.3. The molecule has 1 aromatic heterocycles. The van der Waals surface area contributed by atoms with Crippen molar-refractivity contribution in [3.05, 3.63) is 18.0 Å². The lowest BCUT2D eigenvalue weighted by Gasteiger charge is -2.04. The van der Waals surface area contributed by atoms with E-state index < -0.39 is 0 Å². The van der Waals surface area contributed by atoms with Gasteiger partial charge in [0.15, 0.2) is 0 Å². The van der Waals surface area contributed by atoms with Gasteiger partial charge >= 0.3 is 0 Å². The molecule has 13 heavy (non-hydrogen) atoms. The second kappa shape index (κ2) is 4.99. The van der Waals surface area contributed by atoms with Gasteiger partial charge < -0.3 is 10.4 Å². The maximum atomic E-state index is 9.00. The summed E-state index contributed by atoms with van der Waals surface area (Å²) in [6, 6.07) is 0. The Labute approximate surface area is 78.6 Å². The summed E-state index contributed by atoms with van der Waals surface area (Å²) in [5.41, 5.74) is 1.17. The van der Waals surface area contributed by atoms with Gasteiger partial charge in [-0.2, -0.15) is 5.10 Å². The highest BCUT2D eigenvalue weighted by Crippen LogP contribution is 1.95. The number of nitrogens with zero attached hydrogens (tertiary/aromatic N) is 2. The van der Waals surface area contributed by atoms with Crippen LogP contribution in [-0.2, 0) is 13.6 Å². The van der Waals surface area contributed by atoms with E-state index in [9.17, 15) is 0 Å². The molecule has 0 aliphatic heterocycles. The molecule has 0 aromatic carbocycles. The first kappa shape index (κ1) is 10.2. The smallest absolute Gasteiger partial charge is 0.0534 e. The third-order valence-corrected chi connectivity index (χ3v) is 1.83. The van der Waals surface area contributed by atoms with Crippen molar-refractivity contribution in [3.8, 4) is 0 Å². The van der Waals surface area contributed by atoms with E-state index >= 15 is 0 Å². The van der Waals surface area contributed by atoms with Crippen molar-refractivity contribution in [2.24, 2.45) is 7.05 Å². The fourth-order valence-electron chi connectivity index (χ4n) is 1.11. The van der Waals surface area contributed by atoms with Gasteiger partial charge in [0.2, 0.25) is 0 Å². The van der Waals surface area contributed by atoms with Gasteiger partial charge in [-0.3, -0.25) is 4.68 Å². The Morgan fingerprint density at radius 3 is 3.00 bits per heavy atom. The zero-order chi connectivity index (χ0) is 9.68. The second-order valence-electron chi connectivity index (χ2n) is 3.34. The first-order chi connectivity index (χ1) is 6.18. The molecule has 1 aromatic rings. The third kappa shape index (κ3) is 4.05. The molecule has 0 radical (unpaired) electrons. The van der Waals surface area contributed by atoms with Crippen molar-refractivity contribution in [3.63, 3.8) is 0 Å². The molecule has 0 aliphatic carbocycles. The Balaban J connectivity index is 2.13. The number of nitrogens with one attached hydrogen (secondary N) is 1. The number of aliphatic hydroxyl groups is 1. The van der Waals surface area contributed by atoms with Crippen LogP contribution < -0.4 is 5.32 Å². The maximum Gasteiger partial charge on any atom is 0.0534 e. The summed E-state index contributed by atoms with van der Waals surface area (Å²) in [5.74, 6) is 0. The van der Waals surface area contributed by atoms with Crippen LogP contribution in [0.1, 0.15) is 18.9 Å². The minimum absolute atomic E-state index is 0.221. The van der Waals surface area contributed by atoms with Crippen LogP contribution in [0.25, 0.3) is 0 Å². The van der Waals surface area contributed by atoms with E-state index in [0.29, 0.717) is 0 Å². The van der Waals surface area contributed by atoms with E-state index in [1.807, 2.05) is 19.4 Å². The standard InChI is InChI=1S/C9H17N3O/c1-8(13)3-4-10-5-9-6-11-12(2)7-9/h6-8,10,13H,3-5H2,1-2H3. The molecule has 2 N–H and O–H groups in total. The van der Waals surface area contributed by atoms with Gasteiger partial charge in [-0.15, -0.1) is 0 Å². The summed E-state index contributed by atoms with van der Waals surface area (Å²) in [6.45, 7) is 3.46. The SMILES string of the molecule is CC(O)CCNCc1cnn(C)c1. The molecule has 0 saturated heterocycles. The van der Waals surface area contributed by atoms with Crippen LogP contribution in [0.15, 0.2) is 12.4 Å². The summed E-state index contributed by atoms with van der Waals surface area (Å²) < 4.78 is 1.78. The first-order valence-corrected chi connectivity index (χ1v) is 4.55. The van der Waals surface area contributed by atoms with Gasteiger partial charge in [-0.05, 0) is 19.9 Å². The molecule has 1 atom stereocenters. The van der Waals surface area contributed by atoms with Crippen LogP contribution >= 0.6 is 0 Å².